The molecule has 2 N–H and O–H groups in total. The van der Waals surface area contributed by atoms with Crippen molar-refractivity contribution < 1.29 is 19.6 Å². The summed E-state index contributed by atoms with van der Waals surface area (Å²) in [4.78, 5) is 45.7. The summed E-state index contributed by atoms with van der Waals surface area (Å²) in [6.45, 7) is 6.02. The highest BCUT2D eigenvalue weighted by atomic mass is 16.6. The van der Waals surface area contributed by atoms with Crippen LogP contribution in [-0.4, -0.2) is 32.5 Å². The van der Waals surface area contributed by atoms with E-state index in [-0.39, 0.29) is 11.6 Å². The molecule has 9 nitrogen and oxygen atoms in total. The zero-order chi connectivity index (χ0) is 17.9. The predicted molar refractivity (Wildman–Crippen MR) is 81.1 cm³/mol. The van der Waals surface area contributed by atoms with E-state index < -0.39 is 33.9 Å². The number of aliphatic carboxylic acids is 1. The second-order valence-corrected chi connectivity index (χ2v) is 5.95. The fourth-order valence-corrected chi connectivity index (χ4v) is 1.96. The van der Waals surface area contributed by atoms with Crippen LogP contribution in [0.3, 0.4) is 0 Å². The summed E-state index contributed by atoms with van der Waals surface area (Å²) in [7, 11) is 0. The van der Waals surface area contributed by atoms with Crippen molar-refractivity contribution in [3.63, 3.8) is 0 Å². The van der Waals surface area contributed by atoms with Crippen LogP contribution >= 0.6 is 0 Å². The molecular formula is C14H19N3O6. The van der Waals surface area contributed by atoms with Crippen molar-refractivity contribution in [3.05, 3.63) is 38.8 Å². The van der Waals surface area contributed by atoms with Crippen LogP contribution in [0.4, 0.5) is 5.69 Å². The molecule has 126 valence electrons. The largest absolute Gasteiger partial charge is 0.480 e. The molecule has 0 spiro atoms. The Hall–Kier alpha value is -2.71. The number of rotatable bonds is 6. The van der Waals surface area contributed by atoms with Crippen LogP contribution in [-0.2, 0) is 15.1 Å². The van der Waals surface area contributed by atoms with Gasteiger partial charge < -0.3 is 10.4 Å². The lowest BCUT2D eigenvalue weighted by atomic mass is 9.99. The zero-order valence-corrected chi connectivity index (χ0v) is 13.3. The lowest BCUT2D eigenvalue weighted by Crippen LogP contribution is -2.54. The first-order chi connectivity index (χ1) is 10.5. The maximum Gasteiger partial charge on any atom is 0.326 e. The molecule has 9 heteroatoms. The lowest BCUT2D eigenvalue weighted by molar-refractivity contribution is -0.385. The van der Waals surface area contributed by atoms with Gasteiger partial charge in [-0.3, -0.25) is 24.3 Å². The normalized spacial score (nSPS) is 12.7. The lowest BCUT2D eigenvalue weighted by Gasteiger charge is -2.28. The van der Waals surface area contributed by atoms with Gasteiger partial charge >= 0.3 is 5.97 Å². The Kier molecular flexibility index (Phi) is 5.26. The van der Waals surface area contributed by atoms with E-state index in [2.05, 4.69) is 5.32 Å². The Bertz CT molecular complexity index is 692. The van der Waals surface area contributed by atoms with Crippen molar-refractivity contribution in [2.75, 3.05) is 0 Å². The molecular weight excluding hydrogens is 306 g/mol. The van der Waals surface area contributed by atoms with Crippen LogP contribution < -0.4 is 10.9 Å². The first-order valence-electron chi connectivity index (χ1n) is 6.89. The number of hydrogen-bond donors (Lipinski definition) is 2. The summed E-state index contributed by atoms with van der Waals surface area (Å²) >= 11 is 0. The van der Waals surface area contributed by atoms with Crippen molar-refractivity contribution in [2.45, 2.75) is 39.3 Å². The molecule has 1 heterocycles. The number of nitrogens with one attached hydrogen (secondary N) is 1. The Labute approximate surface area is 132 Å². The van der Waals surface area contributed by atoms with Crippen LogP contribution in [0.1, 0.15) is 27.7 Å². The predicted octanol–water partition coefficient (Wildman–Crippen LogP) is 0.717. The quantitative estimate of drug-likeness (QED) is 0.585. The highest BCUT2D eigenvalue weighted by Gasteiger charge is 2.35. The number of carboxylic acid groups (broad SMARTS) is 1. The number of nitrogens with zero attached hydrogens (tertiary/aromatic N) is 2. The molecule has 0 bridgehead atoms. The van der Waals surface area contributed by atoms with Crippen LogP contribution in [0.15, 0.2) is 23.1 Å². The number of pyridine rings is 1. The van der Waals surface area contributed by atoms with Gasteiger partial charge in [-0.15, -0.1) is 0 Å². The maximum absolute atomic E-state index is 12.4. The molecule has 0 aliphatic rings. The summed E-state index contributed by atoms with van der Waals surface area (Å²) in [6.07, 6.45) is 0.965. The molecule has 1 aromatic rings. The third-order valence-corrected chi connectivity index (χ3v) is 3.48. The molecule has 0 aromatic carbocycles. The van der Waals surface area contributed by atoms with E-state index in [1.165, 1.54) is 13.8 Å². The van der Waals surface area contributed by atoms with Crippen LogP contribution in [0.25, 0.3) is 0 Å². The highest BCUT2D eigenvalue weighted by molar-refractivity contribution is 5.88. The molecule has 0 saturated heterocycles. The van der Waals surface area contributed by atoms with Crippen LogP contribution in [0.2, 0.25) is 0 Å². The van der Waals surface area contributed by atoms with Crippen molar-refractivity contribution in [3.8, 4) is 0 Å². The standard InChI is InChI=1S/C14H19N3O6/c1-8(2)11(12(19)20)15-13(21)14(3,4)16-7-9(17(22)23)5-6-10(16)18/h5-8,11H,1-4H3,(H,15,21)(H,19,20). The van der Waals surface area contributed by atoms with Crippen LogP contribution in [0, 0.1) is 16.0 Å². The Morgan fingerprint density at radius 3 is 2.35 bits per heavy atom. The summed E-state index contributed by atoms with van der Waals surface area (Å²) in [5, 5.41) is 22.3. The minimum atomic E-state index is -1.49. The molecule has 23 heavy (non-hydrogen) atoms. The van der Waals surface area contributed by atoms with E-state index in [1.807, 2.05) is 0 Å². The van der Waals surface area contributed by atoms with Crippen molar-refractivity contribution in [1.82, 2.24) is 9.88 Å². The monoisotopic (exact) mass is 325 g/mol. The van der Waals surface area contributed by atoms with E-state index in [1.54, 1.807) is 13.8 Å². The van der Waals surface area contributed by atoms with Gasteiger partial charge in [0.05, 0.1) is 11.1 Å². The first-order valence-corrected chi connectivity index (χ1v) is 6.89. The summed E-state index contributed by atoms with van der Waals surface area (Å²) < 4.78 is 0.916. The van der Waals surface area contributed by atoms with Crippen molar-refractivity contribution >= 4 is 17.6 Å². The SMILES string of the molecule is CC(C)C(NC(=O)C(C)(C)n1cc([N+](=O)[O-])ccc1=O)C(=O)O. The molecule has 0 radical (unpaired) electrons. The minimum Gasteiger partial charge on any atom is -0.480 e. The van der Waals surface area contributed by atoms with Gasteiger partial charge in [0, 0.05) is 12.1 Å². The minimum absolute atomic E-state index is 0.343. The smallest absolute Gasteiger partial charge is 0.326 e. The highest BCUT2D eigenvalue weighted by Crippen LogP contribution is 2.17. The molecule has 1 rings (SSSR count). The Balaban J connectivity index is 3.22. The number of amides is 1. The average Bonchev–Trinajstić information content (AvgIpc) is 2.43. The topological polar surface area (TPSA) is 132 Å². The van der Waals surface area contributed by atoms with Gasteiger partial charge in [-0.1, -0.05) is 13.8 Å². The van der Waals surface area contributed by atoms with Crippen molar-refractivity contribution in [1.29, 1.82) is 0 Å². The van der Waals surface area contributed by atoms with Gasteiger partial charge in [0.15, 0.2) is 0 Å². The molecule has 1 aromatic heterocycles. The number of carbonyl (C=O) groups excluding carboxylic acids is 1. The fraction of sp³-hybridized carbons (Fsp3) is 0.500. The Morgan fingerprint density at radius 2 is 1.91 bits per heavy atom. The van der Waals surface area contributed by atoms with Gasteiger partial charge in [-0.25, -0.2) is 4.79 Å². The van der Waals surface area contributed by atoms with Crippen molar-refractivity contribution in [2.24, 2.45) is 5.92 Å². The molecule has 0 aliphatic carbocycles. The number of hydrogen-bond acceptors (Lipinski definition) is 5. The molecule has 1 atom stereocenters. The first kappa shape index (κ1) is 18.3. The van der Waals surface area contributed by atoms with E-state index >= 15 is 0 Å². The van der Waals surface area contributed by atoms with Gasteiger partial charge in [0.2, 0.25) is 5.91 Å². The molecule has 0 aliphatic heterocycles. The second kappa shape index (κ2) is 6.59. The molecule has 1 amide bonds. The summed E-state index contributed by atoms with van der Waals surface area (Å²) in [5.41, 5.74) is -2.44. The number of carboxylic acids is 1. The molecule has 0 saturated carbocycles. The third-order valence-electron chi connectivity index (χ3n) is 3.48. The Morgan fingerprint density at radius 1 is 1.35 bits per heavy atom. The van der Waals surface area contributed by atoms with E-state index in [4.69, 9.17) is 5.11 Å². The number of nitro groups is 1. The number of carbonyl (C=O) groups is 2. The van der Waals surface area contributed by atoms with E-state index in [0.717, 1.165) is 22.9 Å². The van der Waals surface area contributed by atoms with E-state index in [0.29, 0.717) is 0 Å². The van der Waals surface area contributed by atoms with Gasteiger partial charge in [0.25, 0.3) is 11.2 Å². The molecule has 1 unspecified atom stereocenters. The average molecular weight is 325 g/mol. The van der Waals surface area contributed by atoms with Gasteiger partial charge in [0.1, 0.15) is 11.6 Å². The third kappa shape index (κ3) is 3.93. The molecule has 0 fully saturated rings. The second-order valence-electron chi connectivity index (χ2n) is 5.95. The number of aromatic nitrogens is 1. The fourth-order valence-electron chi connectivity index (χ4n) is 1.96. The maximum atomic E-state index is 12.4. The van der Waals surface area contributed by atoms with Gasteiger partial charge in [-0.05, 0) is 19.8 Å². The summed E-state index contributed by atoms with van der Waals surface area (Å²) in [5.74, 6) is -2.29. The van der Waals surface area contributed by atoms with Gasteiger partial charge in [-0.2, -0.15) is 0 Å². The van der Waals surface area contributed by atoms with Crippen LogP contribution in [0.5, 0.6) is 0 Å². The summed E-state index contributed by atoms with van der Waals surface area (Å²) in [6, 6.07) is 0.904. The zero-order valence-electron chi connectivity index (χ0n) is 13.3. The van der Waals surface area contributed by atoms with E-state index in [9.17, 15) is 24.5 Å².